The van der Waals surface area contributed by atoms with Crippen LogP contribution in [0, 0.1) is 0 Å². The maximum absolute atomic E-state index is 12.7. The summed E-state index contributed by atoms with van der Waals surface area (Å²) in [5.74, 6) is -0.200. The summed E-state index contributed by atoms with van der Waals surface area (Å²) in [4.78, 5) is 22.8. The molecule has 0 aliphatic carbocycles. The van der Waals surface area contributed by atoms with E-state index in [2.05, 4.69) is 43.5 Å². The van der Waals surface area contributed by atoms with E-state index in [4.69, 9.17) is 9.05 Å². The molecule has 8 nitrogen and oxygen atoms in total. The molecule has 3 N–H and O–H groups in total. The van der Waals surface area contributed by atoms with E-state index in [9.17, 15) is 19.4 Å². The zero-order chi connectivity index (χ0) is 32.9. The number of hydrogen-bond acceptors (Lipinski definition) is 5. The van der Waals surface area contributed by atoms with E-state index in [0.29, 0.717) is 17.4 Å². The maximum atomic E-state index is 12.7. The zero-order valence-electron chi connectivity index (χ0n) is 28.9. The number of unbranched alkanes of at least 4 members (excludes halogenated alkanes) is 13. The summed E-state index contributed by atoms with van der Waals surface area (Å²) in [6, 6.07) is -0.862. The van der Waals surface area contributed by atoms with Gasteiger partial charge in [-0.2, -0.15) is 0 Å². The Hall–Kier alpha value is -1.28. The standard InChI is InChI=1S/C35H67N2O6P/c1-6-8-10-12-14-16-17-18-19-20-21-22-24-26-28-34(38)33(32-43-44(40,41)42-31-30-37(3,4)5)36-35(39)29-27-25-23-15-13-11-9-7-2/h16-17,20-21,26,28,33-34,38H,6-15,18-19,22-25,27,29-32H2,1-5H3,(H-,36,39,40,41)/p+1/b17-16+,21-20+,28-26+. The number of aliphatic hydroxyl groups excluding tert-OH is 1. The van der Waals surface area contributed by atoms with Crippen LogP contribution in [0.2, 0.25) is 0 Å². The number of nitrogens with one attached hydrogen (secondary N) is 1. The van der Waals surface area contributed by atoms with Crippen LogP contribution in [-0.4, -0.2) is 73.4 Å². The summed E-state index contributed by atoms with van der Waals surface area (Å²) in [6.45, 7) is 4.69. The van der Waals surface area contributed by atoms with Crippen molar-refractivity contribution in [1.29, 1.82) is 0 Å². The molecule has 0 fully saturated rings. The summed E-state index contributed by atoms with van der Waals surface area (Å²) in [7, 11) is 1.54. The lowest BCUT2D eigenvalue weighted by molar-refractivity contribution is -0.870. The summed E-state index contributed by atoms with van der Waals surface area (Å²) in [5.41, 5.74) is 0. The van der Waals surface area contributed by atoms with Crippen LogP contribution in [0.4, 0.5) is 0 Å². The lowest BCUT2D eigenvalue weighted by Gasteiger charge is -2.25. The van der Waals surface area contributed by atoms with Gasteiger partial charge in [-0.05, 0) is 44.9 Å². The minimum absolute atomic E-state index is 0.0536. The van der Waals surface area contributed by atoms with Crippen LogP contribution in [0.25, 0.3) is 0 Å². The second-order valence-electron chi connectivity index (χ2n) is 12.9. The number of carbonyl (C=O) groups is 1. The van der Waals surface area contributed by atoms with E-state index in [-0.39, 0.29) is 19.1 Å². The van der Waals surface area contributed by atoms with Gasteiger partial charge in [0, 0.05) is 6.42 Å². The van der Waals surface area contributed by atoms with Crippen molar-refractivity contribution < 1.29 is 32.9 Å². The Kier molecular flexibility index (Phi) is 27.2. The lowest BCUT2D eigenvalue weighted by atomic mass is 10.1. The van der Waals surface area contributed by atoms with Gasteiger partial charge >= 0.3 is 7.82 Å². The van der Waals surface area contributed by atoms with E-state index >= 15 is 0 Å². The third-order valence-electron chi connectivity index (χ3n) is 7.34. The fraction of sp³-hybridized carbons (Fsp3) is 0.800. The predicted octanol–water partition coefficient (Wildman–Crippen LogP) is 8.40. The molecule has 0 aromatic rings. The molecule has 44 heavy (non-hydrogen) atoms. The average molecular weight is 644 g/mol. The highest BCUT2D eigenvalue weighted by atomic mass is 31.2. The van der Waals surface area contributed by atoms with Gasteiger partial charge in [-0.1, -0.05) is 115 Å². The summed E-state index contributed by atoms with van der Waals surface area (Å²) >= 11 is 0. The largest absolute Gasteiger partial charge is 0.472 e. The Labute approximate surface area is 270 Å². The van der Waals surface area contributed by atoms with Gasteiger partial charge in [0.25, 0.3) is 0 Å². The van der Waals surface area contributed by atoms with Crippen molar-refractivity contribution in [2.75, 3.05) is 40.9 Å². The number of quaternary nitrogens is 1. The van der Waals surface area contributed by atoms with Gasteiger partial charge in [0.05, 0.1) is 39.9 Å². The summed E-state index contributed by atoms with van der Waals surface area (Å²) in [5, 5.41) is 13.6. The number of aliphatic hydroxyl groups is 1. The van der Waals surface area contributed by atoms with Crippen LogP contribution >= 0.6 is 7.82 Å². The van der Waals surface area contributed by atoms with Crippen molar-refractivity contribution in [2.45, 2.75) is 142 Å². The molecule has 1 amide bonds. The normalized spacial score (nSPS) is 15.3. The predicted molar refractivity (Wildman–Crippen MR) is 184 cm³/mol. The number of rotatable bonds is 30. The molecule has 0 spiro atoms. The fourth-order valence-electron chi connectivity index (χ4n) is 4.48. The van der Waals surface area contributed by atoms with Crippen molar-refractivity contribution in [3.63, 3.8) is 0 Å². The molecule has 0 radical (unpaired) electrons. The van der Waals surface area contributed by atoms with Gasteiger partial charge in [-0.15, -0.1) is 0 Å². The Morgan fingerprint density at radius 2 is 1.25 bits per heavy atom. The molecule has 0 aromatic heterocycles. The molecular formula is C35H68N2O6P+. The monoisotopic (exact) mass is 643 g/mol. The number of carbonyl (C=O) groups excluding carboxylic acids is 1. The number of phosphoric acid groups is 1. The van der Waals surface area contributed by atoms with E-state index < -0.39 is 20.0 Å². The molecule has 0 aromatic carbocycles. The highest BCUT2D eigenvalue weighted by Gasteiger charge is 2.27. The first-order valence-corrected chi connectivity index (χ1v) is 18.9. The first kappa shape index (κ1) is 42.7. The van der Waals surface area contributed by atoms with Crippen LogP contribution < -0.4 is 5.32 Å². The van der Waals surface area contributed by atoms with Crippen LogP contribution in [0.3, 0.4) is 0 Å². The Morgan fingerprint density at radius 3 is 1.82 bits per heavy atom. The molecule has 0 saturated carbocycles. The number of allylic oxidation sites excluding steroid dienone is 5. The van der Waals surface area contributed by atoms with Crippen LogP contribution in [0.1, 0.15) is 129 Å². The van der Waals surface area contributed by atoms with Crippen molar-refractivity contribution in [1.82, 2.24) is 5.32 Å². The highest BCUT2D eigenvalue weighted by molar-refractivity contribution is 7.47. The van der Waals surface area contributed by atoms with Crippen molar-refractivity contribution in [2.24, 2.45) is 0 Å². The van der Waals surface area contributed by atoms with Crippen molar-refractivity contribution in [3.8, 4) is 0 Å². The topological polar surface area (TPSA) is 105 Å². The average Bonchev–Trinajstić information content (AvgIpc) is 2.95. The SMILES string of the molecule is CCCCCC/C=C/CC/C=C/CC/C=C/C(O)C(COP(=O)(O)OCC[N+](C)(C)C)NC(=O)CCCCCCCCCC. The fourth-order valence-corrected chi connectivity index (χ4v) is 5.22. The smallest absolute Gasteiger partial charge is 0.387 e. The Bertz CT molecular complexity index is 825. The number of likely N-dealkylation sites (N-methyl/N-ethyl adjacent to an activating group) is 1. The maximum Gasteiger partial charge on any atom is 0.472 e. The molecule has 0 aliphatic rings. The molecule has 0 saturated heterocycles. The van der Waals surface area contributed by atoms with E-state index in [1.54, 1.807) is 6.08 Å². The van der Waals surface area contributed by atoms with Gasteiger partial charge in [0.1, 0.15) is 13.2 Å². The molecule has 3 unspecified atom stereocenters. The number of nitrogens with zero attached hydrogens (tertiary/aromatic N) is 1. The summed E-state index contributed by atoms with van der Waals surface area (Å²) < 4.78 is 23.3. The molecule has 0 rings (SSSR count). The van der Waals surface area contributed by atoms with Crippen LogP contribution in [-0.2, 0) is 18.4 Å². The molecule has 9 heteroatoms. The molecule has 0 aliphatic heterocycles. The minimum Gasteiger partial charge on any atom is -0.387 e. The Morgan fingerprint density at radius 1 is 0.750 bits per heavy atom. The first-order chi connectivity index (χ1) is 21.0. The molecular weight excluding hydrogens is 575 g/mol. The van der Waals surface area contributed by atoms with Gasteiger partial charge < -0.3 is 19.8 Å². The van der Waals surface area contributed by atoms with Crippen LogP contribution in [0.15, 0.2) is 36.5 Å². The van der Waals surface area contributed by atoms with Crippen molar-refractivity contribution >= 4 is 13.7 Å². The third kappa shape index (κ3) is 29.4. The van der Waals surface area contributed by atoms with E-state index in [1.807, 2.05) is 27.2 Å². The Balaban J connectivity index is 4.69. The number of hydrogen-bond donors (Lipinski definition) is 3. The van der Waals surface area contributed by atoms with Gasteiger partial charge in [-0.3, -0.25) is 13.8 Å². The second-order valence-corrected chi connectivity index (χ2v) is 14.3. The van der Waals surface area contributed by atoms with Gasteiger partial charge in [0.15, 0.2) is 0 Å². The molecule has 3 atom stereocenters. The lowest BCUT2D eigenvalue weighted by Crippen LogP contribution is -2.45. The number of amides is 1. The van der Waals surface area contributed by atoms with E-state index in [1.165, 1.54) is 64.2 Å². The van der Waals surface area contributed by atoms with Crippen molar-refractivity contribution in [3.05, 3.63) is 36.5 Å². The van der Waals surface area contributed by atoms with E-state index in [0.717, 1.165) is 44.9 Å². The number of phosphoric ester groups is 1. The van der Waals surface area contributed by atoms with Gasteiger partial charge in [0.2, 0.25) is 5.91 Å². The molecule has 0 heterocycles. The zero-order valence-corrected chi connectivity index (χ0v) is 29.8. The summed E-state index contributed by atoms with van der Waals surface area (Å²) in [6.07, 6.45) is 30.7. The second kappa shape index (κ2) is 28.0. The highest BCUT2D eigenvalue weighted by Crippen LogP contribution is 2.43. The quantitative estimate of drug-likeness (QED) is 0.0314. The molecule has 258 valence electrons. The third-order valence-corrected chi connectivity index (χ3v) is 8.32. The minimum atomic E-state index is -4.33. The van der Waals surface area contributed by atoms with Gasteiger partial charge in [-0.25, -0.2) is 4.57 Å². The first-order valence-electron chi connectivity index (χ1n) is 17.4. The van der Waals surface area contributed by atoms with Crippen LogP contribution in [0.5, 0.6) is 0 Å². The molecule has 0 bridgehead atoms.